The van der Waals surface area contributed by atoms with Crippen LogP contribution in [0.25, 0.3) is 0 Å². The Hall–Kier alpha value is -1.35. The van der Waals surface area contributed by atoms with E-state index in [0.29, 0.717) is 0 Å². The number of primary amides is 1. The summed E-state index contributed by atoms with van der Waals surface area (Å²) in [4.78, 5) is 10.8. The van der Waals surface area contributed by atoms with Crippen molar-refractivity contribution >= 4 is 5.91 Å². The normalized spacial score (nSPS) is 14.9. The van der Waals surface area contributed by atoms with E-state index in [2.05, 4.69) is 0 Å². The molecular formula is C10H13NO2. The van der Waals surface area contributed by atoms with Gasteiger partial charge in [0.25, 0.3) is 0 Å². The highest BCUT2D eigenvalue weighted by molar-refractivity contribution is 5.82. The fraction of sp³-hybridized carbons (Fsp3) is 0.300. The summed E-state index contributed by atoms with van der Waals surface area (Å²) in [5.41, 5.74) is 4.47. The van der Waals surface area contributed by atoms with Crippen molar-refractivity contribution in [1.82, 2.24) is 0 Å². The molecule has 3 heteroatoms. The van der Waals surface area contributed by atoms with E-state index >= 15 is 0 Å². The number of aliphatic hydroxyl groups is 1. The van der Waals surface area contributed by atoms with E-state index in [1.54, 1.807) is 0 Å². The van der Waals surface area contributed by atoms with Gasteiger partial charge in [0.1, 0.15) is 5.60 Å². The topological polar surface area (TPSA) is 63.3 Å². The summed E-state index contributed by atoms with van der Waals surface area (Å²) in [6, 6.07) is 9.27. The third kappa shape index (κ3) is 2.56. The molecule has 0 aromatic heterocycles. The van der Waals surface area contributed by atoms with Gasteiger partial charge < -0.3 is 10.8 Å². The van der Waals surface area contributed by atoms with Crippen LogP contribution in [-0.4, -0.2) is 16.6 Å². The second-order valence-electron chi connectivity index (χ2n) is 3.30. The Bertz CT molecular complexity index is 293. The lowest BCUT2D eigenvalue weighted by Gasteiger charge is -2.18. The maximum absolute atomic E-state index is 10.8. The summed E-state index contributed by atoms with van der Waals surface area (Å²) < 4.78 is 0. The second-order valence-corrected chi connectivity index (χ2v) is 3.30. The first-order valence-corrected chi connectivity index (χ1v) is 4.08. The third-order valence-corrected chi connectivity index (χ3v) is 1.92. The average molecular weight is 179 g/mol. The first-order chi connectivity index (χ1) is 6.02. The number of carbonyl (C=O) groups is 1. The SMILES string of the molecule is C[C@@](O)(Cc1ccccc1)C(N)=O. The van der Waals surface area contributed by atoms with Crippen molar-refractivity contribution in [2.45, 2.75) is 18.9 Å². The van der Waals surface area contributed by atoms with Gasteiger partial charge in [-0.25, -0.2) is 0 Å². The Morgan fingerprint density at radius 1 is 1.46 bits per heavy atom. The largest absolute Gasteiger partial charge is 0.380 e. The smallest absolute Gasteiger partial charge is 0.249 e. The summed E-state index contributed by atoms with van der Waals surface area (Å²) in [6.45, 7) is 1.42. The van der Waals surface area contributed by atoms with Gasteiger partial charge in [0, 0.05) is 6.42 Å². The average Bonchev–Trinajstić information content (AvgIpc) is 2.05. The monoisotopic (exact) mass is 179 g/mol. The Morgan fingerprint density at radius 3 is 2.46 bits per heavy atom. The number of benzene rings is 1. The van der Waals surface area contributed by atoms with Crippen molar-refractivity contribution in [2.24, 2.45) is 5.73 Å². The molecule has 1 aromatic carbocycles. The summed E-state index contributed by atoms with van der Waals surface area (Å²) in [5, 5.41) is 9.57. The minimum atomic E-state index is -1.46. The minimum Gasteiger partial charge on any atom is -0.380 e. The molecule has 1 aromatic rings. The van der Waals surface area contributed by atoms with Crippen LogP contribution < -0.4 is 5.73 Å². The number of nitrogens with two attached hydrogens (primary N) is 1. The van der Waals surface area contributed by atoms with Crippen LogP contribution in [0.2, 0.25) is 0 Å². The first-order valence-electron chi connectivity index (χ1n) is 4.08. The zero-order valence-corrected chi connectivity index (χ0v) is 7.53. The molecule has 0 radical (unpaired) electrons. The van der Waals surface area contributed by atoms with E-state index < -0.39 is 11.5 Å². The van der Waals surface area contributed by atoms with Crippen LogP contribution in [0.4, 0.5) is 0 Å². The van der Waals surface area contributed by atoms with Gasteiger partial charge >= 0.3 is 0 Å². The lowest BCUT2D eigenvalue weighted by Crippen LogP contribution is -2.42. The molecule has 0 spiro atoms. The molecule has 3 N–H and O–H groups in total. The van der Waals surface area contributed by atoms with Gasteiger partial charge in [-0.15, -0.1) is 0 Å². The lowest BCUT2D eigenvalue weighted by atomic mass is 9.96. The fourth-order valence-corrected chi connectivity index (χ4v) is 1.08. The molecule has 1 atom stereocenters. The molecule has 1 amide bonds. The molecular weight excluding hydrogens is 166 g/mol. The molecule has 70 valence electrons. The highest BCUT2D eigenvalue weighted by Gasteiger charge is 2.27. The molecule has 0 saturated carbocycles. The summed E-state index contributed by atoms with van der Waals surface area (Å²) in [6.07, 6.45) is 0.253. The highest BCUT2D eigenvalue weighted by atomic mass is 16.3. The van der Waals surface area contributed by atoms with E-state index in [1.165, 1.54) is 6.92 Å². The van der Waals surface area contributed by atoms with Gasteiger partial charge in [0.15, 0.2) is 0 Å². The Labute approximate surface area is 77.2 Å². The van der Waals surface area contributed by atoms with Crippen LogP contribution >= 0.6 is 0 Å². The van der Waals surface area contributed by atoms with Crippen molar-refractivity contribution in [1.29, 1.82) is 0 Å². The zero-order chi connectivity index (χ0) is 9.90. The Kier molecular flexibility index (Phi) is 2.68. The van der Waals surface area contributed by atoms with E-state index in [4.69, 9.17) is 5.73 Å². The molecule has 0 aliphatic heterocycles. The van der Waals surface area contributed by atoms with E-state index in [9.17, 15) is 9.90 Å². The van der Waals surface area contributed by atoms with Crippen LogP contribution in [-0.2, 0) is 11.2 Å². The molecule has 0 heterocycles. The van der Waals surface area contributed by atoms with Crippen molar-refractivity contribution in [3.8, 4) is 0 Å². The number of amides is 1. The van der Waals surface area contributed by atoms with Gasteiger partial charge in [0.2, 0.25) is 5.91 Å². The predicted molar refractivity (Wildman–Crippen MR) is 50.0 cm³/mol. The van der Waals surface area contributed by atoms with Crippen LogP contribution in [0.1, 0.15) is 12.5 Å². The van der Waals surface area contributed by atoms with E-state index in [1.807, 2.05) is 30.3 Å². The third-order valence-electron chi connectivity index (χ3n) is 1.92. The molecule has 3 nitrogen and oxygen atoms in total. The quantitative estimate of drug-likeness (QED) is 0.708. The second kappa shape index (κ2) is 3.58. The Balaban J connectivity index is 2.75. The molecule has 0 bridgehead atoms. The number of hydrogen-bond donors (Lipinski definition) is 2. The van der Waals surface area contributed by atoms with Gasteiger partial charge in [-0.05, 0) is 12.5 Å². The van der Waals surface area contributed by atoms with E-state index in [-0.39, 0.29) is 6.42 Å². The first kappa shape index (κ1) is 9.74. The summed E-state index contributed by atoms with van der Waals surface area (Å²) in [5.74, 6) is -0.698. The van der Waals surface area contributed by atoms with Crippen molar-refractivity contribution in [3.63, 3.8) is 0 Å². The van der Waals surface area contributed by atoms with Crippen molar-refractivity contribution < 1.29 is 9.90 Å². The van der Waals surface area contributed by atoms with Crippen LogP contribution in [0, 0.1) is 0 Å². The lowest BCUT2D eigenvalue weighted by molar-refractivity contribution is -0.134. The fourth-order valence-electron chi connectivity index (χ4n) is 1.08. The van der Waals surface area contributed by atoms with Gasteiger partial charge in [0.05, 0.1) is 0 Å². The Morgan fingerprint density at radius 2 is 2.00 bits per heavy atom. The minimum absolute atomic E-state index is 0.253. The van der Waals surface area contributed by atoms with Crippen molar-refractivity contribution in [2.75, 3.05) is 0 Å². The van der Waals surface area contributed by atoms with Gasteiger partial charge in [-0.2, -0.15) is 0 Å². The molecule has 0 aliphatic rings. The molecule has 13 heavy (non-hydrogen) atoms. The zero-order valence-electron chi connectivity index (χ0n) is 7.53. The number of hydrogen-bond acceptors (Lipinski definition) is 2. The standard InChI is InChI=1S/C10H13NO2/c1-10(13,9(11)12)7-8-5-3-2-4-6-8/h2-6,13H,7H2,1H3,(H2,11,12)/t10-/m1/s1. The summed E-state index contributed by atoms with van der Waals surface area (Å²) in [7, 11) is 0. The molecule has 0 saturated heterocycles. The summed E-state index contributed by atoms with van der Waals surface area (Å²) >= 11 is 0. The molecule has 0 aliphatic carbocycles. The maximum Gasteiger partial charge on any atom is 0.249 e. The number of carbonyl (C=O) groups excluding carboxylic acids is 1. The molecule has 1 rings (SSSR count). The van der Waals surface area contributed by atoms with Crippen LogP contribution in [0.15, 0.2) is 30.3 Å². The predicted octanol–water partition coefficient (Wildman–Crippen LogP) is 0.465. The highest BCUT2D eigenvalue weighted by Crippen LogP contribution is 2.11. The van der Waals surface area contributed by atoms with Gasteiger partial charge in [-0.1, -0.05) is 30.3 Å². The molecule has 0 unspecified atom stereocenters. The van der Waals surface area contributed by atoms with Crippen LogP contribution in [0.5, 0.6) is 0 Å². The molecule has 0 fully saturated rings. The van der Waals surface area contributed by atoms with E-state index in [0.717, 1.165) is 5.56 Å². The van der Waals surface area contributed by atoms with Crippen molar-refractivity contribution in [3.05, 3.63) is 35.9 Å². The van der Waals surface area contributed by atoms with Crippen LogP contribution in [0.3, 0.4) is 0 Å². The number of rotatable bonds is 3. The van der Waals surface area contributed by atoms with Gasteiger partial charge in [-0.3, -0.25) is 4.79 Å². The maximum atomic E-state index is 10.8.